The molecule has 0 amide bonds. The lowest BCUT2D eigenvalue weighted by molar-refractivity contribution is 0.656. The topological polar surface area (TPSA) is 54.8 Å². The van der Waals surface area contributed by atoms with Crippen LogP contribution in [0.5, 0.6) is 0 Å². The predicted molar refractivity (Wildman–Crippen MR) is 57.2 cm³/mol. The van der Waals surface area contributed by atoms with Gasteiger partial charge in [-0.1, -0.05) is 0 Å². The fourth-order valence-corrected chi connectivity index (χ4v) is 1.32. The number of nitrogens with zero attached hydrogens (tertiary/aromatic N) is 3. The van der Waals surface area contributed by atoms with E-state index in [1.165, 1.54) is 0 Å². The van der Waals surface area contributed by atoms with Crippen LogP contribution in [0.3, 0.4) is 0 Å². The van der Waals surface area contributed by atoms with Crippen molar-refractivity contribution in [2.24, 2.45) is 0 Å². The van der Waals surface area contributed by atoms with Gasteiger partial charge in [0.05, 0.1) is 6.54 Å². The molecular formula is C9H19N5. The summed E-state index contributed by atoms with van der Waals surface area (Å²) < 4.78 is 2.08. The predicted octanol–water partition coefficient (Wildman–Crippen LogP) is 0.838. The second kappa shape index (κ2) is 4.95. The highest BCUT2D eigenvalue weighted by Crippen LogP contribution is 2.08. The van der Waals surface area contributed by atoms with Crippen LogP contribution in [0.2, 0.25) is 0 Å². The molecule has 5 heteroatoms. The molecule has 0 aliphatic heterocycles. The minimum atomic E-state index is 0.381. The average molecular weight is 197 g/mol. The van der Waals surface area contributed by atoms with Gasteiger partial charge in [0.25, 0.3) is 0 Å². The summed E-state index contributed by atoms with van der Waals surface area (Å²) >= 11 is 0. The fourth-order valence-electron chi connectivity index (χ4n) is 1.32. The van der Waals surface area contributed by atoms with Gasteiger partial charge in [0.1, 0.15) is 5.82 Å². The highest BCUT2D eigenvalue weighted by molar-refractivity contribution is 5.26. The lowest BCUT2D eigenvalue weighted by atomic mass is 10.4. The van der Waals surface area contributed by atoms with E-state index in [0.717, 1.165) is 24.9 Å². The van der Waals surface area contributed by atoms with Crippen LogP contribution in [-0.4, -0.2) is 27.9 Å². The van der Waals surface area contributed by atoms with Crippen molar-refractivity contribution in [2.75, 3.05) is 12.4 Å². The lowest BCUT2D eigenvalue weighted by Crippen LogP contribution is -2.17. The maximum Gasteiger partial charge on any atom is 0.224 e. The van der Waals surface area contributed by atoms with Crippen molar-refractivity contribution in [1.29, 1.82) is 0 Å². The van der Waals surface area contributed by atoms with Crippen LogP contribution < -0.4 is 10.6 Å². The fraction of sp³-hybridized carbons (Fsp3) is 0.778. The summed E-state index contributed by atoms with van der Waals surface area (Å²) in [6.07, 6.45) is 0. The normalized spacial score (nSPS) is 10.9. The zero-order chi connectivity index (χ0) is 10.6. The Kier molecular flexibility index (Phi) is 3.88. The second-order valence-electron chi connectivity index (χ2n) is 3.51. The van der Waals surface area contributed by atoms with E-state index in [1.807, 2.05) is 7.05 Å². The Hall–Kier alpha value is -1.10. The molecule has 1 rings (SSSR count). The van der Waals surface area contributed by atoms with Crippen molar-refractivity contribution in [3.05, 3.63) is 5.82 Å². The van der Waals surface area contributed by atoms with Crippen molar-refractivity contribution >= 4 is 5.95 Å². The molecule has 0 aliphatic rings. The molecule has 0 fully saturated rings. The van der Waals surface area contributed by atoms with Crippen LogP contribution in [0.15, 0.2) is 0 Å². The molecule has 80 valence electrons. The van der Waals surface area contributed by atoms with E-state index in [2.05, 4.69) is 46.2 Å². The first-order valence-corrected chi connectivity index (χ1v) is 5.02. The quantitative estimate of drug-likeness (QED) is 0.734. The molecule has 0 saturated carbocycles. The molecule has 0 spiro atoms. The number of aromatic nitrogens is 3. The van der Waals surface area contributed by atoms with Crippen molar-refractivity contribution < 1.29 is 0 Å². The Morgan fingerprint density at radius 3 is 2.57 bits per heavy atom. The molecule has 5 nitrogen and oxygen atoms in total. The standard InChI is InChI=1S/C9H19N5/c1-5-14-8(6-10-4)12-13-9(14)11-7(2)3/h7,10H,5-6H2,1-4H3,(H,11,13). The maximum absolute atomic E-state index is 4.12. The van der Waals surface area contributed by atoms with E-state index in [1.54, 1.807) is 0 Å². The zero-order valence-corrected chi connectivity index (χ0v) is 9.33. The van der Waals surface area contributed by atoms with Crippen LogP contribution in [-0.2, 0) is 13.1 Å². The van der Waals surface area contributed by atoms with Crippen LogP contribution >= 0.6 is 0 Å². The van der Waals surface area contributed by atoms with E-state index in [4.69, 9.17) is 0 Å². The Labute approximate surface area is 84.9 Å². The van der Waals surface area contributed by atoms with Gasteiger partial charge in [0.15, 0.2) is 0 Å². The minimum Gasteiger partial charge on any atom is -0.352 e. The largest absolute Gasteiger partial charge is 0.352 e. The average Bonchev–Trinajstić information content (AvgIpc) is 2.47. The number of rotatable bonds is 5. The zero-order valence-electron chi connectivity index (χ0n) is 9.33. The molecule has 0 unspecified atom stereocenters. The molecule has 0 atom stereocenters. The van der Waals surface area contributed by atoms with Crippen LogP contribution in [0.1, 0.15) is 26.6 Å². The summed E-state index contributed by atoms with van der Waals surface area (Å²) in [5, 5.41) is 14.6. The second-order valence-corrected chi connectivity index (χ2v) is 3.51. The van der Waals surface area contributed by atoms with Gasteiger partial charge < -0.3 is 10.6 Å². The van der Waals surface area contributed by atoms with Crippen LogP contribution in [0.25, 0.3) is 0 Å². The van der Waals surface area contributed by atoms with Gasteiger partial charge in [-0.2, -0.15) is 0 Å². The molecule has 2 N–H and O–H groups in total. The number of hydrogen-bond donors (Lipinski definition) is 2. The molecule has 1 aromatic heterocycles. The van der Waals surface area contributed by atoms with Crippen molar-refractivity contribution in [3.8, 4) is 0 Å². The first kappa shape index (κ1) is 11.0. The van der Waals surface area contributed by atoms with Gasteiger partial charge in [0.2, 0.25) is 5.95 Å². The highest BCUT2D eigenvalue weighted by atomic mass is 15.4. The maximum atomic E-state index is 4.12. The van der Waals surface area contributed by atoms with Crippen molar-refractivity contribution in [3.63, 3.8) is 0 Å². The van der Waals surface area contributed by atoms with E-state index in [-0.39, 0.29) is 0 Å². The molecule has 0 aromatic carbocycles. The van der Waals surface area contributed by atoms with Gasteiger partial charge in [0, 0.05) is 12.6 Å². The molecular weight excluding hydrogens is 178 g/mol. The van der Waals surface area contributed by atoms with E-state index in [9.17, 15) is 0 Å². The van der Waals surface area contributed by atoms with Gasteiger partial charge in [-0.15, -0.1) is 10.2 Å². The highest BCUT2D eigenvalue weighted by Gasteiger charge is 2.09. The number of anilines is 1. The molecule has 1 aromatic rings. The monoisotopic (exact) mass is 197 g/mol. The van der Waals surface area contributed by atoms with E-state index in [0.29, 0.717) is 6.04 Å². The molecule has 0 bridgehead atoms. The third kappa shape index (κ3) is 2.45. The minimum absolute atomic E-state index is 0.381. The number of hydrogen-bond acceptors (Lipinski definition) is 4. The SMILES string of the molecule is CCn1c(CNC)nnc1NC(C)C. The van der Waals surface area contributed by atoms with E-state index >= 15 is 0 Å². The Morgan fingerprint density at radius 2 is 2.07 bits per heavy atom. The molecule has 0 aliphatic carbocycles. The summed E-state index contributed by atoms with van der Waals surface area (Å²) in [5.41, 5.74) is 0. The lowest BCUT2D eigenvalue weighted by Gasteiger charge is -2.11. The molecule has 0 radical (unpaired) electrons. The Balaban J connectivity index is 2.83. The van der Waals surface area contributed by atoms with Crippen LogP contribution in [0, 0.1) is 0 Å². The van der Waals surface area contributed by atoms with Gasteiger partial charge in [-0.05, 0) is 27.8 Å². The Morgan fingerprint density at radius 1 is 1.36 bits per heavy atom. The van der Waals surface area contributed by atoms with Gasteiger partial charge >= 0.3 is 0 Å². The van der Waals surface area contributed by atoms with Gasteiger partial charge in [-0.25, -0.2) is 0 Å². The summed E-state index contributed by atoms with van der Waals surface area (Å²) in [5.74, 6) is 1.82. The van der Waals surface area contributed by atoms with Crippen molar-refractivity contribution in [1.82, 2.24) is 20.1 Å². The summed E-state index contributed by atoms with van der Waals surface area (Å²) in [6, 6.07) is 0.381. The van der Waals surface area contributed by atoms with Gasteiger partial charge in [-0.3, -0.25) is 4.57 Å². The molecule has 0 saturated heterocycles. The summed E-state index contributed by atoms with van der Waals surface area (Å²) in [7, 11) is 1.91. The Bertz CT molecular complexity index is 279. The van der Waals surface area contributed by atoms with Crippen molar-refractivity contribution in [2.45, 2.75) is 39.9 Å². The third-order valence-corrected chi connectivity index (χ3v) is 1.90. The summed E-state index contributed by atoms with van der Waals surface area (Å²) in [4.78, 5) is 0. The first-order valence-electron chi connectivity index (χ1n) is 5.02. The summed E-state index contributed by atoms with van der Waals surface area (Å²) in [6.45, 7) is 7.91. The van der Waals surface area contributed by atoms with Crippen LogP contribution in [0.4, 0.5) is 5.95 Å². The molecule has 14 heavy (non-hydrogen) atoms. The van der Waals surface area contributed by atoms with E-state index < -0.39 is 0 Å². The third-order valence-electron chi connectivity index (χ3n) is 1.90. The molecule has 1 heterocycles. The smallest absolute Gasteiger partial charge is 0.224 e. The number of nitrogens with one attached hydrogen (secondary N) is 2. The first-order chi connectivity index (χ1) is 6.69.